The lowest BCUT2D eigenvalue weighted by Crippen LogP contribution is -2.37. The molecule has 0 aliphatic carbocycles. The quantitative estimate of drug-likeness (QED) is 0.103. The number of hydrogen-bond acceptors (Lipinski definition) is 4. The number of rotatable bonds is 17. The van der Waals surface area contributed by atoms with Crippen LogP contribution in [0.3, 0.4) is 0 Å². The lowest BCUT2D eigenvalue weighted by Gasteiger charge is -2.16. The molecule has 1 aromatic rings. The summed E-state index contributed by atoms with van der Waals surface area (Å²) in [5.41, 5.74) is -0.00262. The van der Waals surface area contributed by atoms with E-state index >= 15 is 0 Å². The van der Waals surface area contributed by atoms with Gasteiger partial charge < -0.3 is 0 Å². The first-order valence-electron chi connectivity index (χ1n) is 11.4. The maximum Gasteiger partial charge on any atom is 0.294 e. The van der Waals surface area contributed by atoms with Gasteiger partial charge in [-0.1, -0.05) is 103 Å². The third kappa shape index (κ3) is 11.0. The fourth-order valence-electron chi connectivity index (χ4n) is 3.55. The zero-order valence-electron chi connectivity index (χ0n) is 18.1. The van der Waals surface area contributed by atoms with E-state index in [4.69, 9.17) is 5.84 Å². The largest absolute Gasteiger partial charge is 0.294 e. The van der Waals surface area contributed by atoms with Crippen LogP contribution in [-0.2, 0) is 4.79 Å². The number of hydrogen-bond donors (Lipinski definition) is 1. The van der Waals surface area contributed by atoms with Crippen LogP contribution >= 0.6 is 0 Å². The van der Waals surface area contributed by atoms with E-state index in [-0.39, 0.29) is 17.3 Å². The maximum atomic E-state index is 12.2. The summed E-state index contributed by atoms with van der Waals surface area (Å²) in [5, 5.41) is 12.0. The van der Waals surface area contributed by atoms with Crippen molar-refractivity contribution >= 4 is 17.3 Å². The Balaban J connectivity index is 2.04. The van der Waals surface area contributed by atoms with Gasteiger partial charge >= 0.3 is 0 Å². The zero-order chi connectivity index (χ0) is 21.3. The van der Waals surface area contributed by atoms with Crippen molar-refractivity contribution in [1.82, 2.24) is 0 Å². The van der Waals surface area contributed by atoms with Gasteiger partial charge in [0.2, 0.25) is 5.91 Å². The van der Waals surface area contributed by atoms with E-state index in [0.717, 1.165) is 24.3 Å². The normalized spacial score (nSPS) is 10.8. The molecule has 0 fully saturated rings. The van der Waals surface area contributed by atoms with Crippen molar-refractivity contribution in [2.45, 2.75) is 103 Å². The number of anilines is 1. The Hall–Kier alpha value is -1.95. The van der Waals surface area contributed by atoms with Crippen molar-refractivity contribution in [3.05, 3.63) is 34.4 Å². The molecule has 0 atom stereocenters. The Labute approximate surface area is 176 Å². The average molecular weight is 406 g/mol. The van der Waals surface area contributed by atoms with Crippen LogP contribution in [0.4, 0.5) is 11.4 Å². The summed E-state index contributed by atoms with van der Waals surface area (Å²) in [6, 6.07) is 6.06. The van der Waals surface area contributed by atoms with Gasteiger partial charge in [0.1, 0.15) is 5.69 Å². The Bertz CT molecular complexity index is 592. The third-order valence-corrected chi connectivity index (χ3v) is 5.35. The van der Waals surface area contributed by atoms with Gasteiger partial charge in [0.15, 0.2) is 0 Å². The summed E-state index contributed by atoms with van der Waals surface area (Å²) in [6.07, 6.45) is 17.9. The minimum atomic E-state index is -0.519. The van der Waals surface area contributed by atoms with Crippen molar-refractivity contribution in [3.63, 3.8) is 0 Å². The van der Waals surface area contributed by atoms with E-state index in [1.807, 2.05) is 0 Å². The molecule has 0 saturated carbocycles. The molecular weight excluding hydrogens is 366 g/mol. The molecule has 0 bridgehead atoms. The van der Waals surface area contributed by atoms with E-state index in [0.29, 0.717) is 6.42 Å². The Morgan fingerprint density at radius 1 is 0.862 bits per heavy atom. The van der Waals surface area contributed by atoms with Crippen molar-refractivity contribution < 1.29 is 9.72 Å². The Morgan fingerprint density at radius 2 is 1.31 bits per heavy atom. The highest BCUT2D eigenvalue weighted by molar-refractivity contribution is 5.94. The molecule has 0 heterocycles. The van der Waals surface area contributed by atoms with Crippen LogP contribution < -0.4 is 10.9 Å². The van der Waals surface area contributed by atoms with E-state index in [9.17, 15) is 14.9 Å². The van der Waals surface area contributed by atoms with E-state index in [2.05, 4.69) is 6.92 Å². The number of carbonyl (C=O) groups excluding carboxylic acids is 1. The third-order valence-electron chi connectivity index (χ3n) is 5.35. The summed E-state index contributed by atoms with van der Waals surface area (Å²) in [5.74, 6) is 5.53. The molecule has 6 nitrogen and oxygen atoms in total. The zero-order valence-corrected chi connectivity index (χ0v) is 18.1. The number of nitrogens with two attached hydrogens (primary N) is 1. The Kier molecular flexibility index (Phi) is 13.8. The van der Waals surface area contributed by atoms with E-state index in [1.165, 1.54) is 82.8 Å². The first-order valence-corrected chi connectivity index (χ1v) is 11.4. The lowest BCUT2D eigenvalue weighted by atomic mass is 10.0. The number of hydrazine groups is 1. The second kappa shape index (κ2) is 15.9. The number of para-hydroxylation sites is 2. The predicted octanol–water partition coefficient (Wildman–Crippen LogP) is 6.67. The molecule has 0 radical (unpaired) electrons. The van der Waals surface area contributed by atoms with Crippen LogP contribution in [0.2, 0.25) is 0 Å². The van der Waals surface area contributed by atoms with E-state index < -0.39 is 4.92 Å². The minimum absolute atomic E-state index is 0.146. The molecular formula is C23H39N3O3. The first-order chi connectivity index (χ1) is 14.1. The summed E-state index contributed by atoms with van der Waals surface area (Å²) in [6.45, 7) is 2.25. The van der Waals surface area contributed by atoms with Crippen LogP contribution in [0.25, 0.3) is 0 Å². The van der Waals surface area contributed by atoms with Gasteiger partial charge in [-0.3, -0.25) is 14.9 Å². The topological polar surface area (TPSA) is 89.5 Å². The molecule has 29 heavy (non-hydrogen) atoms. The molecule has 2 N–H and O–H groups in total. The standard InChI is InChI=1S/C23H39N3O3/c1-2-3-4-5-6-7-8-9-10-11-12-13-14-15-20-23(27)25(24)21-18-16-17-19-22(21)26(28)29/h16-19H,2-15,20,24H2,1H3. The van der Waals surface area contributed by atoms with Crippen LogP contribution in [0.1, 0.15) is 103 Å². The van der Waals surface area contributed by atoms with Gasteiger partial charge in [-0.05, 0) is 12.5 Å². The molecule has 1 amide bonds. The summed E-state index contributed by atoms with van der Waals surface area (Å²) in [7, 11) is 0. The number of amides is 1. The highest BCUT2D eigenvalue weighted by Gasteiger charge is 2.20. The lowest BCUT2D eigenvalue weighted by molar-refractivity contribution is -0.384. The highest BCUT2D eigenvalue weighted by Crippen LogP contribution is 2.26. The molecule has 0 saturated heterocycles. The van der Waals surface area contributed by atoms with Crippen molar-refractivity contribution in [3.8, 4) is 0 Å². The maximum absolute atomic E-state index is 12.2. The molecule has 0 unspecified atom stereocenters. The summed E-state index contributed by atoms with van der Waals surface area (Å²) >= 11 is 0. The van der Waals surface area contributed by atoms with Gasteiger partial charge in [0, 0.05) is 12.5 Å². The minimum Gasteiger partial charge on any atom is -0.273 e. The number of nitro benzene ring substituents is 1. The molecule has 164 valence electrons. The summed E-state index contributed by atoms with van der Waals surface area (Å²) in [4.78, 5) is 22.8. The molecule has 0 spiro atoms. The van der Waals surface area contributed by atoms with Gasteiger partial charge in [0.05, 0.1) is 4.92 Å². The number of nitrogens with zero attached hydrogens (tertiary/aromatic N) is 2. The molecule has 1 rings (SSSR count). The van der Waals surface area contributed by atoms with Crippen molar-refractivity contribution in [1.29, 1.82) is 0 Å². The van der Waals surface area contributed by atoms with Crippen molar-refractivity contribution in [2.75, 3.05) is 5.01 Å². The van der Waals surface area contributed by atoms with Gasteiger partial charge in [-0.15, -0.1) is 0 Å². The molecule has 0 aromatic heterocycles. The second-order valence-electron chi connectivity index (χ2n) is 7.86. The van der Waals surface area contributed by atoms with E-state index in [1.54, 1.807) is 12.1 Å². The fraction of sp³-hybridized carbons (Fsp3) is 0.696. The Morgan fingerprint density at radius 3 is 1.79 bits per heavy atom. The fourth-order valence-corrected chi connectivity index (χ4v) is 3.55. The molecule has 1 aromatic carbocycles. The second-order valence-corrected chi connectivity index (χ2v) is 7.86. The monoisotopic (exact) mass is 405 g/mol. The van der Waals surface area contributed by atoms with Crippen LogP contribution in [0.5, 0.6) is 0 Å². The number of carbonyl (C=O) groups is 1. The van der Waals surface area contributed by atoms with Gasteiger partial charge in [0.25, 0.3) is 5.69 Å². The average Bonchev–Trinajstić information content (AvgIpc) is 2.73. The van der Waals surface area contributed by atoms with Gasteiger partial charge in [-0.25, -0.2) is 10.9 Å². The molecule has 6 heteroatoms. The summed E-state index contributed by atoms with van der Waals surface area (Å²) < 4.78 is 0. The SMILES string of the molecule is CCCCCCCCCCCCCCCCC(=O)N(N)c1ccccc1[N+](=O)[O-]. The van der Waals surface area contributed by atoms with Crippen LogP contribution in [0.15, 0.2) is 24.3 Å². The number of nitro groups is 1. The number of unbranched alkanes of at least 4 members (excludes halogenated alkanes) is 13. The predicted molar refractivity (Wildman–Crippen MR) is 120 cm³/mol. The molecule has 0 aliphatic rings. The smallest absolute Gasteiger partial charge is 0.273 e. The first kappa shape index (κ1) is 25.1. The van der Waals surface area contributed by atoms with Gasteiger partial charge in [-0.2, -0.15) is 0 Å². The van der Waals surface area contributed by atoms with Crippen LogP contribution in [0, 0.1) is 10.1 Å². The molecule has 0 aliphatic heterocycles. The van der Waals surface area contributed by atoms with Crippen molar-refractivity contribution in [2.24, 2.45) is 5.84 Å². The van der Waals surface area contributed by atoms with Crippen LogP contribution in [-0.4, -0.2) is 10.8 Å². The highest BCUT2D eigenvalue weighted by atomic mass is 16.6. The number of benzene rings is 1.